The smallest absolute Gasteiger partial charge is 0.311 e. The van der Waals surface area contributed by atoms with Gasteiger partial charge >= 0.3 is 11.9 Å². The van der Waals surface area contributed by atoms with Crippen molar-refractivity contribution in [3.8, 4) is 0 Å². The normalized spacial score (nSPS) is 41.9. The van der Waals surface area contributed by atoms with Crippen LogP contribution in [-0.4, -0.2) is 34.9 Å². The molecule has 1 heterocycles. The predicted molar refractivity (Wildman–Crippen MR) is 118 cm³/mol. The highest BCUT2D eigenvalue weighted by atomic mass is 16.6. The molecule has 0 aromatic rings. The molecule has 1 N–H and O–H groups in total. The van der Waals surface area contributed by atoms with Gasteiger partial charge in [0.1, 0.15) is 11.7 Å². The van der Waals surface area contributed by atoms with Crippen molar-refractivity contribution in [1.82, 2.24) is 0 Å². The van der Waals surface area contributed by atoms with Gasteiger partial charge in [0.15, 0.2) is 0 Å². The molecule has 4 aliphatic rings. The second-order valence-corrected chi connectivity index (χ2v) is 11.2. The molecule has 8 unspecified atom stereocenters. The van der Waals surface area contributed by atoms with E-state index in [0.29, 0.717) is 24.2 Å². The Balaban J connectivity index is 1.54. The van der Waals surface area contributed by atoms with Crippen LogP contribution in [0.1, 0.15) is 73.1 Å². The highest BCUT2D eigenvalue weighted by molar-refractivity contribution is 5.76. The Morgan fingerprint density at radius 2 is 2.06 bits per heavy atom. The van der Waals surface area contributed by atoms with E-state index < -0.39 is 17.1 Å². The van der Waals surface area contributed by atoms with Gasteiger partial charge in [-0.1, -0.05) is 39.0 Å². The molecule has 8 atom stereocenters. The molecule has 2 fully saturated rings. The van der Waals surface area contributed by atoms with E-state index in [1.165, 1.54) is 5.57 Å². The molecule has 0 bridgehead atoms. The van der Waals surface area contributed by atoms with Gasteiger partial charge in [0.05, 0.1) is 17.9 Å². The van der Waals surface area contributed by atoms with E-state index in [0.717, 1.165) is 25.7 Å². The van der Waals surface area contributed by atoms with Crippen LogP contribution in [0.2, 0.25) is 0 Å². The van der Waals surface area contributed by atoms with Crippen molar-refractivity contribution in [2.75, 3.05) is 0 Å². The molecule has 0 amide bonds. The van der Waals surface area contributed by atoms with Gasteiger partial charge in [-0.05, 0) is 62.9 Å². The van der Waals surface area contributed by atoms with E-state index in [2.05, 4.69) is 32.1 Å². The number of ether oxygens (including phenoxy) is 2. The predicted octanol–water partition coefficient (Wildman–Crippen LogP) is 4.59. The summed E-state index contributed by atoms with van der Waals surface area (Å²) in [6.45, 7) is 10.4. The molecular formula is C26H38O5. The number of aliphatic hydroxyl groups excluding tert-OH is 1. The summed E-state index contributed by atoms with van der Waals surface area (Å²) in [6.07, 6.45) is 10.1. The summed E-state index contributed by atoms with van der Waals surface area (Å²) in [5, 5.41) is 10.1. The minimum Gasteiger partial charge on any atom is -0.461 e. The number of carbonyl (C=O) groups is 2. The Kier molecular flexibility index (Phi) is 5.87. The number of carbonyl (C=O) groups excluding carboxylic acids is 2. The van der Waals surface area contributed by atoms with E-state index in [4.69, 9.17) is 9.47 Å². The van der Waals surface area contributed by atoms with Crippen LogP contribution in [-0.2, 0) is 19.1 Å². The molecule has 0 aromatic carbocycles. The highest BCUT2D eigenvalue weighted by Crippen LogP contribution is 2.58. The summed E-state index contributed by atoms with van der Waals surface area (Å²) in [4.78, 5) is 24.9. The second kappa shape index (κ2) is 8.06. The van der Waals surface area contributed by atoms with Gasteiger partial charge in [-0.2, -0.15) is 0 Å². The van der Waals surface area contributed by atoms with Crippen molar-refractivity contribution in [3.05, 3.63) is 23.8 Å². The van der Waals surface area contributed by atoms with Gasteiger partial charge in [-0.25, -0.2) is 0 Å². The summed E-state index contributed by atoms with van der Waals surface area (Å²) >= 11 is 0. The quantitative estimate of drug-likeness (QED) is 0.646. The highest BCUT2D eigenvalue weighted by Gasteiger charge is 2.61. The Hall–Kier alpha value is -1.62. The third kappa shape index (κ3) is 4.35. The van der Waals surface area contributed by atoms with Gasteiger partial charge < -0.3 is 14.6 Å². The Morgan fingerprint density at radius 3 is 2.74 bits per heavy atom. The van der Waals surface area contributed by atoms with Gasteiger partial charge in [0, 0.05) is 18.3 Å². The van der Waals surface area contributed by atoms with Crippen LogP contribution in [0, 0.1) is 35.0 Å². The molecular weight excluding hydrogens is 392 g/mol. The summed E-state index contributed by atoms with van der Waals surface area (Å²) in [5.41, 5.74) is 0.324. The largest absolute Gasteiger partial charge is 0.461 e. The molecule has 0 aromatic heterocycles. The first kappa shape index (κ1) is 22.6. The van der Waals surface area contributed by atoms with Crippen LogP contribution in [0.25, 0.3) is 0 Å². The van der Waals surface area contributed by atoms with Crippen LogP contribution in [0.3, 0.4) is 0 Å². The topological polar surface area (TPSA) is 72.8 Å². The lowest BCUT2D eigenvalue weighted by molar-refractivity contribution is -0.167. The fourth-order valence-electron chi connectivity index (χ4n) is 5.91. The maximum Gasteiger partial charge on any atom is 0.311 e. The van der Waals surface area contributed by atoms with Crippen molar-refractivity contribution >= 4 is 11.9 Å². The Morgan fingerprint density at radius 1 is 1.32 bits per heavy atom. The number of hydrogen-bond acceptors (Lipinski definition) is 5. The maximum atomic E-state index is 12.9. The second-order valence-electron chi connectivity index (χ2n) is 11.2. The molecule has 4 rings (SSSR count). The number of esters is 2. The summed E-state index contributed by atoms with van der Waals surface area (Å²) in [5.74, 6) is 1.12. The van der Waals surface area contributed by atoms with Crippen LogP contribution in [0.5, 0.6) is 0 Å². The Labute approximate surface area is 186 Å². The standard InChI is InChI=1S/C26H38O5/c1-6-25(4,5)24(29)30-21-10-15(2)9-17-8-7-16(3)20(23(17)21)11-18-13-26(18)14-19(27)12-22(28)31-26/h7-9,15-16,18-21,23,27H,6,10-14H2,1-5H3. The zero-order valence-corrected chi connectivity index (χ0v) is 19.6. The molecule has 31 heavy (non-hydrogen) atoms. The van der Waals surface area contributed by atoms with Crippen LogP contribution in [0.15, 0.2) is 23.8 Å². The maximum absolute atomic E-state index is 12.9. The number of fused-ring (bicyclic) bond motifs is 1. The van der Waals surface area contributed by atoms with Crippen LogP contribution >= 0.6 is 0 Å². The van der Waals surface area contributed by atoms with Crippen molar-refractivity contribution in [3.63, 3.8) is 0 Å². The van der Waals surface area contributed by atoms with E-state index in [1.807, 2.05) is 20.8 Å². The zero-order chi connectivity index (χ0) is 22.6. The van der Waals surface area contributed by atoms with Gasteiger partial charge in [0.25, 0.3) is 0 Å². The average molecular weight is 431 g/mol. The van der Waals surface area contributed by atoms with Crippen molar-refractivity contribution in [2.45, 2.75) is 91.0 Å². The van der Waals surface area contributed by atoms with E-state index in [1.54, 1.807) is 0 Å². The first-order valence-electron chi connectivity index (χ1n) is 12.1. The summed E-state index contributed by atoms with van der Waals surface area (Å²) < 4.78 is 11.9. The minimum absolute atomic E-state index is 0.107. The van der Waals surface area contributed by atoms with Crippen molar-refractivity contribution in [1.29, 1.82) is 0 Å². The lowest BCUT2D eigenvalue weighted by atomic mass is 9.65. The van der Waals surface area contributed by atoms with Gasteiger partial charge in [-0.15, -0.1) is 0 Å². The monoisotopic (exact) mass is 430 g/mol. The summed E-state index contributed by atoms with van der Waals surface area (Å²) in [6, 6.07) is 0. The fourth-order valence-corrected chi connectivity index (χ4v) is 5.91. The molecule has 1 saturated carbocycles. The van der Waals surface area contributed by atoms with Crippen LogP contribution < -0.4 is 0 Å². The van der Waals surface area contributed by atoms with Gasteiger partial charge in [-0.3, -0.25) is 9.59 Å². The van der Waals surface area contributed by atoms with E-state index in [-0.39, 0.29) is 36.3 Å². The first-order chi connectivity index (χ1) is 14.5. The molecule has 5 nitrogen and oxygen atoms in total. The lowest BCUT2D eigenvalue weighted by Crippen LogP contribution is -2.43. The fraction of sp³-hybridized carbons (Fsp3) is 0.769. The average Bonchev–Trinajstić information content (AvgIpc) is 3.32. The Bertz CT molecular complexity index is 796. The molecule has 0 radical (unpaired) electrons. The van der Waals surface area contributed by atoms with Crippen molar-refractivity contribution < 1.29 is 24.2 Å². The molecule has 1 aliphatic heterocycles. The van der Waals surface area contributed by atoms with Gasteiger partial charge in [0.2, 0.25) is 0 Å². The first-order valence-corrected chi connectivity index (χ1v) is 12.1. The molecule has 172 valence electrons. The SMILES string of the molecule is CCC(C)(C)C(=O)OC1CC(C)C=C2C=CC(C)C(CC3CC34CC(O)CC(=O)O4)C21. The third-order valence-electron chi connectivity index (χ3n) is 8.32. The van der Waals surface area contributed by atoms with E-state index in [9.17, 15) is 14.7 Å². The summed E-state index contributed by atoms with van der Waals surface area (Å²) in [7, 11) is 0. The molecule has 5 heteroatoms. The number of aliphatic hydroxyl groups is 1. The minimum atomic E-state index is -0.592. The number of allylic oxidation sites excluding steroid dienone is 3. The zero-order valence-electron chi connectivity index (χ0n) is 19.6. The lowest BCUT2D eigenvalue weighted by Gasteiger charge is -2.44. The van der Waals surface area contributed by atoms with E-state index >= 15 is 0 Å². The number of hydrogen-bond donors (Lipinski definition) is 1. The number of rotatable bonds is 5. The van der Waals surface area contributed by atoms with Crippen LogP contribution in [0.4, 0.5) is 0 Å². The van der Waals surface area contributed by atoms with Crippen molar-refractivity contribution in [2.24, 2.45) is 35.0 Å². The molecule has 1 spiro atoms. The molecule has 3 aliphatic carbocycles. The molecule has 1 saturated heterocycles. The third-order valence-corrected chi connectivity index (χ3v) is 8.32.